The summed E-state index contributed by atoms with van der Waals surface area (Å²) in [5.74, 6) is -0.398. The average Bonchev–Trinajstić information content (AvgIpc) is 2.16. The molecule has 2 N–H and O–H groups in total. The van der Waals surface area contributed by atoms with Gasteiger partial charge in [-0.05, 0) is 31.4 Å². The molecule has 1 rings (SSSR count). The van der Waals surface area contributed by atoms with Crippen molar-refractivity contribution in [2.24, 2.45) is 0 Å². The Morgan fingerprint density at radius 3 is 2.50 bits per heavy atom. The number of methoxy groups -OCH3 is 1. The molecule has 0 atom stereocenters. The first-order valence-corrected chi connectivity index (χ1v) is 5.05. The zero-order chi connectivity index (χ0) is 12.3. The van der Waals surface area contributed by atoms with Gasteiger partial charge in [0.1, 0.15) is 0 Å². The molecule has 88 valence electrons. The third-order valence-corrected chi connectivity index (χ3v) is 2.56. The zero-order valence-electron chi connectivity index (χ0n) is 9.70. The fourth-order valence-electron chi connectivity index (χ4n) is 1.79. The zero-order valence-corrected chi connectivity index (χ0v) is 9.70. The first-order valence-electron chi connectivity index (χ1n) is 5.05. The quantitative estimate of drug-likeness (QED) is 0.821. The summed E-state index contributed by atoms with van der Waals surface area (Å²) in [5.41, 5.74) is 2.37. The van der Waals surface area contributed by atoms with Crippen molar-refractivity contribution in [1.29, 1.82) is 0 Å². The van der Waals surface area contributed by atoms with E-state index in [1.54, 1.807) is 0 Å². The van der Waals surface area contributed by atoms with Crippen LogP contribution in [-0.2, 0) is 11.2 Å². The molecule has 0 bridgehead atoms. The van der Waals surface area contributed by atoms with Gasteiger partial charge in [-0.25, -0.2) is 0 Å². The predicted molar refractivity (Wildman–Crippen MR) is 60.1 cm³/mol. The van der Waals surface area contributed by atoms with Crippen LogP contribution in [0.5, 0.6) is 11.5 Å². The Morgan fingerprint density at radius 1 is 1.38 bits per heavy atom. The molecule has 0 fully saturated rings. The van der Waals surface area contributed by atoms with E-state index in [4.69, 9.17) is 9.84 Å². The van der Waals surface area contributed by atoms with Crippen LogP contribution in [0.1, 0.15) is 23.1 Å². The van der Waals surface area contributed by atoms with Crippen LogP contribution in [-0.4, -0.2) is 23.3 Å². The number of phenols is 1. The van der Waals surface area contributed by atoms with Crippen LogP contribution >= 0.6 is 0 Å². The Bertz CT molecular complexity index is 410. The molecular formula is C12H16O4. The molecule has 0 amide bonds. The summed E-state index contributed by atoms with van der Waals surface area (Å²) < 4.78 is 5.08. The molecule has 0 aliphatic heterocycles. The number of aliphatic carboxylic acids is 1. The molecule has 4 heteroatoms. The predicted octanol–water partition coefficient (Wildman–Crippen LogP) is 2.03. The van der Waals surface area contributed by atoms with Crippen LogP contribution in [0.2, 0.25) is 0 Å². The van der Waals surface area contributed by atoms with Crippen molar-refractivity contribution in [1.82, 2.24) is 0 Å². The van der Waals surface area contributed by atoms with Gasteiger partial charge in [-0.1, -0.05) is 6.07 Å². The fourth-order valence-corrected chi connectivity index (χ4v) is 1.79. The monoisotopic (exact) mass is 224 g/mol. The lowest BCUT2D eigenvalue weighted by Gasteiger charge is -2.14. The van der Waals surface area contributed by atoms with Gasteiger partial charge < -0.3 is 14.9 Å². The smallest absolute Gasteiger partial charge is 0.303 e. The van der Waals surface area contributed by atoms with Gasteiger partial charge in [0.2, 0.25) is 0 Å². The highest BCUT2D eigenvalue weighted by molar-refractivity contribution is 5.67. The third-order valence-electron chi connectivity index (χ3n) is 2.56. The summed E-state index contributed by atoms with van der Waals surface area (Å²) >= 11 is 0. The van der Waals surface area contributed by atoms with E-state index >= 15 is 0 Å². The maximum Gasteiger partial charge on any atom is 0.303 e. The molecule has 0 unspecified atom stereocenters. The second-order valence-corrected chi connectivity index (χ2v) is 3.76. The minimum absolute atomic E-state index is 0.000610. The number of hydrogen-bond acceptors (Lipinski definition) is 3. The Morgan fingerprint density at radius 2 is 2.00 bits per heavy atom. The van der Waals surface area contributed by atoms with Crippen LogP contribution in [0.3, 0.4) is 0 Å². The summed E-state index contributed by atoms with van der Waals surface area (Å²) in [6.45, 7) is 3.69. The molecule has 0 saturated carbocycles. The van der Waals surface area contributed by atoms with Crippen molar-refractivity contribution in [3.8, 4) is 11.5 Å². The maximum absolute atomic E-state index is 10.5. The highest BCUT2D eigenvalue weighted by atomic mass is 16.5. The lowest BCUT2D eigenvalue weighted by atomic mass is 9.99. The van der Waals surface area contributed by atoms with Crippen LogP contribution < -0.4 is 4.74 Å². The highest BCUT2D eigenvalue weighted by Crippen LogP contribution is 2.36. The third kappa shape index (κ3) is 2.45. The van der Waals surface area contributed by atoms with E-state index in [1.165, 1.54) is 7.11 Å². The van der Waals surface area contributed by atoms with E-state index in [-0.39, 0.29) is 12.2 Å². The van der Waals surface area contributed by atoms with Gasteiger partial charge in [0.05, 0.1) is 7.11 Å². The van der Waals surface area contributed by atoms with Crippen molar-refractivity contribution in [3.63, 3.8) is 0 Å². The van der Waals surface area contributed by atoms with Crippen LogP contribution in [0.15, 0.2) is 6.07 Å². The van der Waals surface area contributed by atoms with E-state index in [2.05, 4.69) is 0 Å². The van der Waals surface area contributed by atoms with E-state index in [9.17, 15) is 9.90 Å². The molecule has 16 heavy (non-hydrogen) atoms. The number of hydrogen-bond donors (Lipinski definition) is 2. The second kappa shape index (κ2) is 4.88. The number of aryl methyl sites for hydroxylation is 2. The number of benzene rings is 1. The number of rotatable bonds is 4. The largest absolute Gasteiger partial charge is 0.504 e. The molecular weight excluding hydrogens is 208 g/mol. The summed E-state index contributed by atoms with van der Waals surface area (Å²) in [6, 6.07) is 1.88. The van der Waals surface area contributed by atoms with Crippen LogP contribution in [0, 0.1) is 13.8 Å². The van der Waals surface area contributed by atoms with Gasteiger partial charge in [-0.3, -0.25) is 4.79 Å². The number of phenolic OH excluding ortho intramolecular Hbond substituents is 1. The van der Waals surface area contributed by atoms with E-state index in [0.29, 0.717) is 17.7 Å². The Balaban J connectivity index is 3.12. The number of carboxylic acids is 1. The van der Waals surface area contributed by atoms with Gasteiger partial charge in [-0.2, -0.15) is 0 Å². The number of aromatic hydroxyl groups is 1. The standard InChI is InChI=1S/C12H16O4/c1-7-6-8(2)12(16-3)11(15)9(7)4-5-10(13)14/h6,15H,4-5H2,1-3H3,(H,13,14). The molecule has 1 aromatic rings. The number of carboxylic acid groups (broad SMARTS) is 1. The first kappa shape index (κ1) is 12.4. The normalized spacial score (nSPS) is 10.2. The number of carbonyl (C=O) groups is 1. The Labute approximate surface area is 94.5 Å². The molecule has 0 saturated heterocycles. The van der Waals surface area contributed by atoms with Crippen molar-refractivity contribution < 1.29 is 19.7 Å². The molecule has 0 spiro atoms. The minimum Gasteiger partial charge on any atom is -0.504 e. The summed E-state index contributed by atoms with van der Waals surface area (Å²) in [7, 11) is 1.48. The summed E-state index contributed by atoms with van der Waals surface area (Å²) in [5, 5.41) is 18.6. The molecule has 4 nitrogen and oxygen atoms in total. The van der Waals surface area contributed by atoms with Crippen molar-refractivity contribution in [3.05, 3.63) is 22.8 Å². The molecule has 0 radical (unpaired) electrons. The van der Waals surface area contributed by atoms with Gasteiger partial charge in [0.15, 0.2) is 11.5 Å². The lowest BCUT2D eigenvalue weighted by Crippen LogP contribution is -2.01. The summed E-state index contributed by atoms with van der Waals surface area (Å²) in [4.78, 5) is 10.5. The van der Waals surface area contributed by atoms with Crippen LogP contribution in [0.25, 0.3) is 0 Å². The first-order chi connectivity index (χ1) is 7.47. The Hall–Kier alpha value is -1.71. The van der Waals surface area contributed by atoms with E-state index in [1.807, 2.05) is 19.9 Å². The average molecular weight is 224 g/mol. The fraction of sp³-hybridized carbons (Fsp3) is 0.417. The van der Waals surface area contributed by atoms with Crippen LogP contribution in [0.4, 0.5) is 0 Å². The summed E-state index contributed by atoms with van der Waals surface area (Å²) in [6.07, 6.45) is 0.310. The van der Waals surface area contributed by atoms with Gasteiger partial charge in [0, 0.05) is 12.0 Å². The Kier molecular flexibility index (Phi) is 3.77. The second-order valence-electron chi connectivity index (χ2n) is 3.76. The molecule has 0 aliphatic carbocycles. The minimum atomic E-state index is -0.877. The van der Waals surface area contributed by atoms with Gasteiger partial charge >= 0.3 is 5.97 Å². The van der Waals surface area contributed by atoms with Crippen molar-refractivity contribution in [2.45, 2.75) is 26.7 Å². The molecule has 1 aromatic carbocycles. The molecule has 0 aliphatic rings. The maximum atomic E-state index is 10.5. The van der Waals surface area contributed by atoms with Crippen molar-refractivity contribution in [2.75, 3.05) is 7.11 Å². The van der Waals surface area contributed by atoms with Gasteiger partial charge in [-0.15, -0.1) is 0 Å². The molecule has 0 heterocycles. The SMILES string of the molecule is COc1c(C)cc(C)c(CCC(=O)O)c1O. The number of ether oxygens (including phenoxy) is 1. The topological polar surface area (TPSA) is 66.8 Å². The lowest BCUT2D eigenvalue weighted by molar-refractivity contribution is -0.136. The van der Waals surface area contributed by atoms with Crippen molar-refractivity contribution >= 4 is 5.97 Å². The van der Waals surface area contributed by atoms with E-state index in [0.717, 1.165) is 11.1 Å². The van der Waals surface area contributed by atoms with Gasteiger partial charge in [0.25, 0.3) is 0 Å². The molecule has 0 aromatic heterocycles. The van der Waals surface area contributed by atoms with E-state index < -0.39 is 5.97 Å². The highest BCUT2D eigenvalue weighted by Gasteiger charge is 2.14.